The van der Waals surface area contributed by atoms with Crippen LogP contribution in [0.1, 0.15) is 90.4 Å². The third-order valence-corrected chi connectivity index (χ3v) is 4.08. The Hall–Kier alpha value is -0.780. The van der Waals surface area contributed by atoms with Crippen LogP contribution in [0.2, 0.25) is 0 Å². The minimum atomic E-state index is 0.0690. The van der Waals surface area contributed by atoms with E-state index in [9.17, 15) is 0 Å². The van der Waals surface area contributed by atoms with Crippen molar-refractivity contribution in [3.05, 3.63) is 12.2 Å². The Bertz CT molecular complexity index is 331. The van der Waals surface area contributed by atoms with Crippen LogP contribution in [0.4, 0.5) is 0 Å². The molecule has 0 aliphatic carbocycles. The summed E-state index contributed by atoms with van der Waals surface area (Å²) >= 11 is 0. The fourth-order valence-electron chi connectivity index (χ4n) is 2.59. The van der Waals surface area contributed by atoms with Gasteiger partial charge >= 0.3 is 0 Å². The lowest BCUT2D eigenvalue weighted by Crippen LogP contribution is -2.22. The highest BCUT2D eigenvalue weighted by molar-refractivity contribution is 4.99. The molecule has 0 amide bonds. The van der Waals surface area contributed by atoms with Gasteiger partial charge < -0.3 is 9.47 Å². The minimum absolute atomic E-state index is 0.0690. The first-order valence-corrected chi connectivity index (χ1v) is 9.77. The Balaban J connectivity index is 1.79. The van der Waals surface area contributed by atoms with Gasteiger partial charge in [-0.2, -0.15) is 0 Å². The van der Waals surface area contributed by atoms with E-state index in [4.69, 9.17) is 9.47 Å². The minimum Gasteiger partial charge on any atom is -0.353 e. The van der Waals surface area contributed by atoms with Crippen LogP contribution >= 0.6 is 0 Å². The maximum absolute atomic E-state index is 5.73. The fraction of sp³-hybridized carbons (Fsp3) is 0.810. The van der Waals surface area contributed by atoms with Gasteiger partial charge in [-0.05, 0) is 51.4 Å². The molecule has 1 saturated heterocycles. The molecule has 0 N–H and O–H groups in total. The molecule has 1 rings (SSSR count). The molecule has 2 heteroatoms. The first-order chi connectivity index (χ1) is 11.4. The van der Waals surface area contributed by atoms with Crippen molar-refractivity contribution >= 4 is 0 Å². The van der Waals surface area contributed by atoms with E-state index in [1.165, 1.54) is 57.8 Å². The van der Waals surface area contributed by atoms with Crippen molar-refractivity contribution in [2.75, 3.05) is 13.2 Å². The first kappa shape index (κ1) is 20.3. The van der Waals surface area contributed by atoms with Crippen LogP contribution < -0.4 is 0 Å². The molecule has 1 atom stereocenters. The molecule has 2 nitrogen and oxygen atoms in total. The molecule has 1 unspecified atom stereocenters. The SMILES string of the molecule is CCCC/C=C\CCCC#CCCCCCOC1CCCCO1. The van der Waals surface area contributed by atoms with Crippen LogP contribution in [0, 0.1) is 11.8 Å². The smallest absolute Gasteiger partial charge is 0.157 e. The summed E-state index contributed by atoms with van der Waals surface area (Å²) < 4.78 is 11.3. The molecule has 0 bridgehead atoms. The van der Waals surface area contributed by atoms with Crippen molar-refractivity contribution in [2.45, 2.75) is 96.7 Å². The standard InChI is InChI=1S/C21H36O2/c1-2-3-4-5-6-7-8-9-10-11-12-13-14-16-19-22-21-18-15-17-20-23-21/h5-6,21H,2-4,7-9,12-20H2,1H3/b6-5-. The molecule has 0 aromatic carbocycles. The number of allylic oxidation sites excluding steroid dienone is 2. The zero-order chi connectivity index (χ0) is 16.4. The van der Waals surface area contributed by atoms with Gasteiger partial charge in [0, 0.05) is 26.1 Å². The van der Waals surface area contributed by atoms with Gasteiger partial charge in [0.05, 0.1) is 0 Å². The molecule has 1 heterocycles. The zero-order valence-corrected chi connectivity index (χ0v) is 15.2. The van der Waals surface area contributed by atoms with Crippen molar-refractivity contribution in [1.82, 2.24) is 0 Å². The van der Waals surface area contributed by atoms with Gasteiger partial charge in [-0.3, -0.25) is 0 Å². The lowest BCUT2D eigenvalue weighted by atomic mass is 10.1. The number of ether oxygens (including phenoxy) is 2. The summed E-state index contributed by atoms with van der Waals surface area (Å²) in [5.41, 5.74) is 0. The molecule has 1 fully saturated rings. The van der Waals surface area contributed by atoms with E-state index in [1.807, 2.05) is 0 Å². The maximum Gasteiger partial charge on any atom is 0.157 e. The normalized spacial score (nSPS) is 18.0. The molecule has 23 heavy (non-hydrogen) atoms. The van der Waals surface area contributed by atoms with Gasteiger partial charge in [0.2, 0.25) is 0 Å². The maximum atomic E-state index is 5.73. The Morgan fingerprint density at radius 3 is 2.48 bits per heavy atom. The van der Waals surface area contributed by atoms with Crippen LogP contribution in [0.3, 0.4) is 0 Å². The molecular formula is C21H36O2. The summed E-state index contributed by atoms with van der Waals surface area (Å²) in [6, 6.07) is 0. The summed E-state index contributed by atoms with van der Waals surface area (Å²) in [5, 5.41) is 0. The second-order valence-corrected chi connectivity index (χ2v) is 6.34. The van der Waals surface area contributed by atoms with E-state index < -0.39 is 0 Å². The molecular weight excluding hydrogens is 284 g/mol. The van der Waals surface area contributed by atoms with Gasteiger partial charge in [0.15, 0.2) is 6.29 Å². The molecule has 132 valence electrons. The zero-order valence-electron chi connectivity index (χ0n) is 15.2. The van der Waals surface area contributed by atoms with E-state index in [-0.39, 0.29) is 6.29 Å². The summed E-state index contributed by atoms with van der Waals surface area (Å²) in [6.07, 6.45) is 20.0. The highest BCUT2D eigenvalue weighted by Gasteiger charge is 2.12. The van der Waals surface area contributed by atoms with E-state index in [2.05, 4.69) is 30.9 Å². The quantitative estimate of drug-likeness (QED) is 0.249. The van der Waals surface area contributed by atoms with Gasteiger partial charge in [0.1, 0.15) is 0 Å². The number of rotatable bonds is 12. The monoisotopic (exact) mass is 320 g/mol. The Kier molecular flexibility index (Phi) is 14.2. The molecule has 0 aromatic rings. The summed E-state index contributed by atoms with van der Waals surface area (Å²) in [7, 11) is 0. The topological polar surface area (TPSA) is 18.5 Å². The predicted molar refractivity (Wildman–Crippen MR) is 98.3 cm³/mol. The van der Waals surface area contributed by atoms with E-state index in [0.717, 1.165) is 38.9 Å². The molecule has 0 spiro atoms. The second kappa shape index (κ2) is 16.1. The van der Waals surface area contributed by atoms with Gasteiger partial charge in [-0.1, -0.05) is 38.3 Å². The third-order valence-electron chi connectivity index (χ3n) is 4.08. The average Bonchev–Trinajstić information content (AvgIpc) is 2.59. The van der Waals surface area contributed by atoms with Gasteiger partial charge in [-0.25, -0.2) is 0 Å². The van der Waals surface area contributed by atoms with E-state index >= 15 is 0 Å². The highest BCUT2D eigenvalue weighted by atomic mass is 16.7. The van der Waals surface area contributed by atoms with Gasteiger partial charge in [-0.15, -0.1) is 11.8 Å². The van der Waals surface area contributed by atoms with E-state index in [1.54, 1.807) is 0 Å². The number of hydrogen-bond acceptors (Lipinski definition) is 2. The molecule has 0 saturated carbocycles. The van der Waals surface area contributed by atoms with Gasteiger partial charge in [0.25, 0.3) is 0 Å². The lowest BCUT2D eigenvalue weighted by molar-refractivity contribution is -0.162. The molecule has 1 aliphatic rings. The molecule has 0 radical (unpaired) electrons. The summed E-state index contributed by atoms with van der Waals surface area (Å²) in [5.74, 6) is 6.59. The first-order valence-electron chi connectivity index (χ1n) is 9.77. The van der Waals surface area contributed by atoms with Crippen molar-refractivity contribution in [3.63, 3.8) is 0 Å². The second-order valence-electron chi connectivity index (χ2n) is 6.34. The van der Waals surface area contributed by atoms with E-state index in [0.29, 0.717) is 0 Å². The van der Waals surface area contributed by atoms with Crippen LogP contribution in [0.5, 0.6) is 0 Å². The Morgan fingerprint density at radius 1 is 0.957 bits per heavy atom. The van der Waals surface area contributed by atoms with Crippen LogP contribution in [-0.4, -0.2) is 19.5 Å². The fourth-order valence-corrected chi connectivity index (χ4v) is 2.59. The van der Waals surface area contributed by atoms with Crippen LogP contribution in [0.15, 0.2) is 12.2 Å². The van der Waals surface area contributed by atoms with Crippen molar-refractivity contribution in [1.29, 1.82) is 0 Å². The summed E-state index contributed by atoms with van der Waals surface area (Å²) in [6.45, 7) is 3.94. The van der Waals surface area contributed by atoms with Crippen molar-refractivity contribution in [3.8, 4) is 11.8 Å². The lowest BCUT2D eigenvalue weighted by Gasteiger charge is -2.22. The Morgan fingerprint density at radius 2 is 1.74 bits per heavy atom. The van der Waals surface area contributed by atoms with Crippen LogP contribution in [0.25, 0.3) is 0 Å². The third kappa shape index (κ3) is 13.4. The number of hydrogen-bond donors (Lipinski definition) is 0. The number of unbranched alkanes of at least 4 members (excludes halogenated alkanes) is 7. The van der Waals surface area contributed by atoms with Crippen molar-refractivity contribution in [2.24, 2.45) is 0 Å². The largest absolute Gasteiger partial charge is 0.353 e. The highest BCUT2D eigenvalue weighted by Crippen LogP contribution is 2.14. The average molecular weight is 321 g/mol. The Labute approximate surface area is 144 Å². The predicted octanol–water partition coefficient (Wildman–Crippen LogP) is 6.01. The molecule has 0 aromatic heterocycles. The summed E-state index contributed by atoms with van der Waals surface area (Å²) in [4.78, 5) is 0. The van der Waals surface area contributed by atoms with Crippen molar-refractivity contribution < 1.29 is 9.47 Å². The van der Waals surface area contributed by atoms with Crippen LogP contribution in [-0.2, 0) is 9.47 Å². The molecule has 1 aliphatic heterocycles.